The fourth-order valence-electron chi connectivity index (χ4n) is 3.36. The van der Waals surface area contributed by atoms with Crippen LogP contribution in [0.3, 0.4) is 0 Å². The summed E-state index contributed by atoms with van der Waals surface area (Å²) < 4.78 is 12.4. The Morgan fingerprint density at radius 1 is 1.31 bits per heavy atom. The van der Waals surface area contributed by atoms with Crippen molar-refractivity contribution < 1.29 is 29.1 Å². The predicted molar refractivity (Wildman–Crippen MR) is 120 cm³/mol. The summed E-state index contributed by atoms with van der Waals surface area (Å²) in [7, 11) is 0. The molecule has 0 radical (unpaired) electrons. The highest BCUT2D eigenvalue weighted by atomic mass is 32.2. The molecule has 0 bridgehead atoms. The maximum Gasteiger partial charge on any atom is 0.359 e. The topological polar surface area (TPSA) is 119 Å². The minimum Gasteiger partial charge on any atom is -0.456 e. The summed E-state index contributed by atoms with van der Waals surface area (Å²) in [5.41, 5.74) is 0.555. The van der Waals surface area contributed by atoms with Crippen molar-refractivity contribution in [3.8, 4) is 5.75 Å². The number of esters is 1. The van der Waals surface area contributed by atoms with Crippen molar-refractivity contribution in [2.45, 2.75) is 22.6 Å². The SMILES string of the molecule is CSc1sccc1OC1=C(C(=O)OCc2ccc([N+](=O)[O-])cc2)N2C(=O)[C@H](CCO)[C@H]2S1. The Morgan fingerprint density at radius 3 is 2.72 bits per heavy atom. The summed E-state index contributed by atoms with van der Waals surface area (Å²) in [5.74, 6) is -0.775. The first kappa shape index (κ1) is 22.6. The third-order valence-electron chi connectivity index (χ3n) is 4.95. The molecule has 0 aliphatic carbocycles. The zero-order chi connectivity index (χ0) is 22.8. The monoisotopic (exact) mass is 494 g/mol. The van der Waals surface area contributed by atoms with Crippen LogP contribution in [0.5, 0.6) is 5.75 Å². The lowest BCUT2D eigenvalue weighted by atomic mass is 9.94. The Balaban J connectivity index is 1.54. The van der Waals surface area contributed by atoms with Gasteiger partial charge in [-0.2, -0.15) is 0 Å². The maximum atomic E-state index is 13.0. The van der Waals surface area contributed by atoms with Gasteiger partial charge in [-0.3, -0.25) is 19.8 Å². The Kier molecular flexibility index (Phi) is 6.74. The van der Waals surface area contributed by atoms with Gasteiger partial charge in [0.15, 0.2) is 16.5 Å². The summed E-state index contributed by atoms with van der Waals surface area (Å²) >= 11 is 4.29. The number of non-ortho nitro benzene ring substituents is 1. The van der Waals surface area contributed by atoms with Crippen LogP contribution in [0.25, 0.3) is 0 Å². The lowest BCUT2D eigenvalue weighted by Crippen LogP contribution is -2.57. The van der Waals surface area contributed by atoms with E-state index in [1.807, 2.05) is 11.6 Å². The number of amides is 1. The highest BCUT2D eigenvalue weighted by Crippen LogP contribution is 2.51. The van der Waals surface area contributed by atoms with E-state index in [1.165, 1.54) is 64.0 Å². The standard InChI is InChI=1S/C20H18N2O7S3/c1-30-20-14(7-9-31-20)29-19-15(21-16(24)13(6-8-23)17(21)32-19)18(25)28-10-11-2-4-12(5-3-11)22(26)27/h2-5,7,9,13,17,23H,6,8,10H2,1H3/t13-,17+/m0/s1. The molecule has 1 aromatic carbocycles. The number of rotatable bonds is 9. The van der Waals surface area contributed by atoms with Gasteiger partial charge in [0.25, 0.3) is 5.69 Å². The zero-order valence-electron chi connectivity index (χ0n) is 16.8. The van der Waals surface area contributed by atoms with Crippen LogP contribution in [0.1, 0.15) is 12.0 Å². The number of fused-ring (bicyclic) bond motifs is 1. The average molecular weight is 495 g/mol. The molecular weight excluding hydrogens is 476 g/mol. The summed E-state index contributed by atoms with van der Waals surface area (Å²) in [6.07, 6.45) is 2.22. The van der Waals surface area contributed by atoms with E-state index in [9.17, 15) is 24.8 Å². The Labute approximate surface area is 195 Å². The molecule has 3 heterocycles. The van der Waals surface area contributed by atoms with E-state index in [0.717, 1.165) is 4.21 Å². The minimum absolute atomic E-state index is 0.0411. The van der Waals surface area contributed by atoms with E-state index < -0.39 is 16.8 Å². The number of hydrogen-bond donors (Lipinski definition) is 1. The fourth-order valence-corrected chi connectivity index (χ4v) is 6.14. The molecule has 9 nitrogen and oxygen atoms in total. The lowest BCUT2D eigenvalue weighted by molar-refractivity contribution is -0.384. The maximum absolute atomic E-state index is 13.0. The number of thioether (sulfide) groups is 2. The molecule has 1 aromatic heterocycles. The number of nitrogens with zero attached hydrogens (tertiary/aromatic N) is 2. The molecule has 1 saturated heterocycles. The molecule has 12 heteroatoms. The minimum atomic E-state index is -0.718. The molecule has 1 N–H and O–H groups in total. The number of benzene rings is 1. The molecule has 0 saturated carbocycles. The first-order valence-corrected chi connectivity index (χ1v) is 12.5. The predicted octanol–water partition coefficient (Wildman–Crippen LogP) is 3.58. The van der Waals surface area contributed by atoms with E-state index in [2.05, 4.69) is 0 Å². The Bertz CT molecular complexity index is 1080. The van der Waals surface area contributed by atoms with Crippen molar-refractivity contribution in [3.05, 3.63) is 62.2 Å². The van der Waals surface area contributed by atoms with E-state index in [1.54, 1.807) is 6.07 Å². The van der Waals surface area contributed by atoms with E-state index in [0.29, 0.717) is 17.7 Å². The van der Waals surface area contributed by atoms with Gasteiger partial charge < -0.3 is 14.6 Å². The van der Waals surface area contributed by atoms with Crippen LogP contribution < -0.4 is 4.74 Å². The molecule has 2 aromatic rings. The molecule has 168 valence electrons. The number of thiophene rings is 1. The van der Waals surface area contributed by atoms with Crippen LogP contribution in [-0.2, 0) is 20.9 Å². The van der Waals surface area contributed by atoms with Gasteiger partial charge in [-0.1, -0.05) is 11.8 Å². The number of carbonyl (C=O) groups excluding carboxylic acids is 2. The normalized spacial score (nSPS) is 19.6. The van der Waals surface area contributed by atoms with E-state index in [-0.39, 0.29) is 41.0 Å². The van der Waals surface area contributed by atoms with E-state index in [4.69, 9.17) is 9.47 Å². The lowest BCUT2D eigenvalue weighted by Gasteiger charge is -2.41. The van der Waals surface area contributed by atoms with Crippen LogP contribution in [-0.4, -0.2) is 45.0 Å². The third kappa shape index (κ3) is 4.22. The van der Waals surface area contributed by atoms with Gasteiger partial charge >= 0.3 is 5.97 Å². The third-order valence-corrected chi connectivity index (χ3v) is 8.27. The molecule has 1 amide bonds. The molecular formula is C20H18N2O7S3. The van der Waals surface area contributed by atoms with Gasteiger partial charge in [-0.05, 0) is 41.8 Å². The highest BCUT2D eigenvalue weighted by Gasteiger charge is 2.57. The number of β-lactam (4-membered cyclic amide) rings is 1. The van der Waals surface area contributed by atoms with Crippen LogP contribution >= 0.6 is 34.9 Å². The smallest absolute Gasteiger partial charge is 0.359 e. The molecule has 2 atom stereocenters. The van der Waals surface area contributed by atoms with Crippen molar-refractivity contribution >= 4 is 52.4 Å². The fraction of sp³-hybridized carbons (Fsp3) is 0.300. The zero-order valence-corrected chi connectivity index (χ0v) is 19.2. The molecule has 0 unspecified atom stereocenters. The number of aliphatic hydroxyl groups excluding tert-OH is 1. The Morgan fingerprint density at radius 2 is 2.06 bits per heavy atom. The number of nitro benzene ring substituents is 1. The molecule has 1 fully saturated rings. The van der Waals surface area contributed by atoms with E-state index >= 15 is 0 Å². The van der Waals surface area contributed by atoms with Crippen molar-refractivity contribution in [2.24, 2.45) is 5.92 Å². The molecule has 2 aliphatic heterocycles. The van der Waals surface area contributed by atoms with Gasteiger partial charge in [0, 0.05) is 18.7 Å². The van der Waals surface area contributed by atoms with Crippen LogP contribution in [0.15, 0.2) is 50.7 Å². The summed E-state index contributed by atoms with van der Waals surface area (Å²) in [6.45, 7) is -0.238. The largest absolute Gasteiger partial charge is 0.456 e. The van der Waals surface area contributed by atoms with Gasteiger partial charge in [0.05, 0.1) is 10.8 Å². The van der Waals surface area contributed by atoms with Gasteiger partial charge in [0.2, 0.25) is 5.91 Å². The summed E-state index contributed by atoms with van der Waals surface area (Å²) in [4.78, 5) is 37.2. The number of aliphatic hydroxyl groups is 1. The molecule has 4 rings (SSSR count). The van der Waals surface area contributed by atoms with Gasteiger partial charge in [0.1, 0.15) is 16.2 Å². The number of hydrogen-bond acceptors (Lipinski definition) is 10. The van der Waals surface area contributed by atoms with Crippen LogP contribution in [0, 0.1) is 16.0 Å². The highest BCUT2D eigenvalue weighted by molar-refractivity contribution is 8.03. The number of ether oxygens (including phenoxy) is 2. The van der Waals surface area contributed by atoms with Gasteiger partial charge in [-0.25, -0.2) is 4.79 Å². The molecule has 0 spiro atoms. The van der Waals surface area contributed by atoms with Crippen LogP contribution in [0.2, 0.25) is 0 Å². The number of carbonyl (C=O) groups is 2. The van der Waals surface area contributed by atoms with Crippen molar-refractivity contribution in [3.63, 3.8) is 0 Å². The van der Waals surface area contributed by atoms with Crippen molar-refractivity contribution in [2.75, 3.05) is 12.9 Å². The van der Waals surface area contributed by atoms with Crippen molar-refractivity contribution in [1.29, 1.82) is 0 Å². The van der Waals surface area contributed by atoms with Crippen LogP contribution in [0.4, 0.5) is 5.69 Å². The average Bonchev–Trinajstić information content (AvgIpc) is 3.38. The second kappa shape index (κ2) is 9.53. The van der Waals surface area contributed by atoms with Crippen molar-refractivity contribution in [1.82, 2.24) is 4.90 Å². The summed E-state index contributed by atoms with van der Waals surface area (Å²) in [6, 6.07) is 7.47. The first-order chi connectivity index (χ1) is 15.4. The molecule has 2 aliphatic rings. The first-order valence-electron chi connectivity index (χ1n) is 9.49. The Hall–Kier alpha value is -2.54. The second-order valence-electron chi connectivity index (χ2n) is 6.85. The number of nitro groups is 1. The quantitative estimate of drug-likeness (QED) is 0.183. The molecule has 32 heavy (non-hydrogen) atoms. The summed E-state index contributed by atoms with van der Waals surface area (Å²) in [5, 5.41) is 21.9. The van der Waals surface area contributed by atoms with Gasteiger partial charge in [-0.15, -0.1) is 23.1 Å². The second-order valence-corrected chi connectivity index (χ2v) is 9.93.